The van der Waals surface area contributed by atoms with Gasteiger partial charge < -0.3 is 10.1 Å². The molecule has 0 aromatic rings. The minimum atomic E-state index is -0.419. The Hall–Kier alpha value is -0.665. The van der Waals surface area contributed by atoms with E-state index in [4.69, 9.17) is 12.6 Å². The fourth-order valence-corrected chi connectivity index (χ4v) is 0.774. The summed E-state index contributed by atoms with van der Waals surface area (Å²) in [5.74, 6) is 0. The number of ether oxygens (including phenoxy) is 1. The number of nitrogens with one attached hydrogen (secondary N) is 1. The van der Waals surface area contributed by atoms with Gasteiger partial charge in [-0.2, -0.15) is 0 Å². The van der Waals surface area contributed by atoms with E-state index in [-0.39, 0.29) is 6.09 Å². The topological polar surface area (TPSA) is 38.3 Å². The highest BCUT2D eigenvalue weighted by atomic mass is 16.6. The summed E-state index contributed by atoms with van der Waals surface area (Å²) in [6.07, 6.45) is 2.13. The van der Waals surface area contributed by atoms with E-state index in [1.54, 1.807) is 0 Å². The Balaban J connectivity index is 3.41. The van der Waals surface area contributed by atoms with E-state index in [1.807, 2.05) is 20.8 Å². The molecule has 0 saturated carbocycles. The van der Waals surface area contributed by atoms with Crippen molar-refractivity contribution in [2.24, 2.45) is 0 Å². The van der Waals surface area contributed by atoms with Crippen molar-refractivity contribution in [2.75, 3.05) is 6.54 Å². The number of carbonyl (C=O) groups excluding carboxylic acids is 1. The number of amides is 1. The van der Waals surface area contributed by atoms with Gasteiger partial charge in [-0.05, 0) is 27.2 Å². The molecule has 0 atom stereocenters. The van der Waals surface area contributed by atoms with Gasteiger partial charge in [0, 0.05) is 6.54 Å². The Bertz CT molecular complexity index is 154. The lowest BCUT2D eigenvalue weighted by atomic mass is 10.0. The molecule has 0 heterocycles. The van der Waals surface area contributed by atoms with Crippen LogP contribution in [-0.4, -0.2) is 26.1 Å². The second-order valence-corrected chi connectivity index (χ2v) is 3.92. The number of hydrogen-bond donors (Lipinski definition) is 1. The minimum Gasteiger partial charge on any atom is -0.444 e. The Labute approximate surface area is 81.6 Å². The predicted octanol–water partition coefficient (Wildman–Crippen LogP) is 1.88. The molecule has 74 valence electrons. The molecule has 3 nitrogen and oxygen atoms in total. The minimum absolute atomic E-state index is 0.357. The van der Waals surface area contributed by atoms with E-state index in [9.17, 15) is 4.79 Å². The molecule has 0 saturated heterocycles. The van der Waals surface area contributed by atoms with Gasteiger partial charge in [0.2, 0.25) is 0 Å². The Morgan fingerprint density at radius 2 is 2.00 bits per heavy atom. The fourth-order valence-electron chi connectivity index (χ4n) is 0.774. The van der Waals surface area contributed by atoms with E-state index in [2.05, 4.69) is 5.32 Å². The number of rotatable bonds is 4. The van der Waals surface area contributed by atoms with Crippen LogP contribution in [-0.2, 0) is 4.74 Å². The SMILES string of the molecule is [B]CCCCNC(=O)OC(C)(C)C. The van der Waals surface area contributed by atoms with Crippen LogP contribution in [0.15, 0.2) is 0 Å². The van der Waals surface area contributed by atoms with Gasteiger partial charge in [0.15, 0.2) is 0 Å². The lowest BCUT2D eigenvalue weighted by Gasteiger charge is -2.19. The van der Waals surface area contributed by atoms with E-state index in [0.29, 0.717) is 12.9 Å². The van der Waals surface area contributed by atoms with Gasteiger partial charge in [0.1, 0.15) is 5.60 Å². The van der Waals surface area contributed by atoms with Crippen LogP contribution in [0.25, 0.3) is 0 Å². The third-order valence-electron chi connectivity index (χ3n) is 1.30. The highest BCUT2D eigenvalue weighted by molar-refractivity contribution is 6.08. The van der Waals surface area contributed by atoms with Gasteiger partial charge in [-0.3, -0.25) is 0 Å². The molecule has 13 heavy (non-hydrogen) atoms. The summed E-state index contributed by atoms with van der Waals surface area (Å²) in [6.45, 7) is 6.15. The first kappa shape index (κ1) is 12.3. The van der Waals surface area contributed by atoms with Crippen molar-refractivity contribution >= 4 is 13.9 Å². The van der Waals surface area contributed by atoms with E-state index in [1.165, 1.54) is 0 Å². The third kappa shape index (κ3) is 9.25. The summed E-state index contributed by atoms with van der Waals surface area (Å²) in [4.78, 5) is 11.1. The lowest BCUT2D eigenvalue weighted by Crippen LogP contribution is -2.32. The lowest BCUT2D eigenvalue weighted by molar-refractivity contribution is 0.0527. The summed E-state index contributed by atoms with van der Waals surface area (Å²) in [5.41, 5.74) is -0.419. The average molecular weight is 183 g/mol. The molecule has 0 aliphatic rings. The van der Waals surface area contributed by atoms with Crippen molar-refractivity contribution in [3.8, 4) is 0 Å². The molecular weight excluding hydrogens is 165 g/mol. The largest absolute Gasteiger partial charge is 0.444 e. The zero-order valence-corrected chi connectivity index (χ0v) is 8.72. The van der Waals surface area contributed by atoms with Crippen molar-refractivity contribution < 1.29 is 9.53 Å². The second-order valence-electron chi connectivity index (χ2n) is 3.92. The molecule has 0 unspecified atom stereocenters. The van der Waals surface area contributed by atoms with Gasteiger partial charge >= 0.3 is 6.09 Å². The molecular formula is C9H18BNO2. The maximum absolute atomic E-state index is 11.1. The smallest absolute Gasteiger partial charge is 0.407 e. The monoisotopic (exact) mass is 183 g/mol. The first-order valence-corrected chi connectivity index (χ1v) is 4.62. The predicted molar refractivity (Wildman–Crippen MR) is 54.0 cm³/mol. The number of carbonyl (C=O) groups is 1. The van der Waals surface area contributed by atoms with Crippen LogP contribution in [0.3, 0.4) is 0 Å². The van der Waals surface area contributed by atoms with Crippen molar-refractivity contribution in [3.05, 3.63) is 0 Å². The van der Waals surface area contributed by atoms with Gasteiger partial charge in [-0.1, -0.05) is 12.7 Å². The normalized spacial score (nSPS) is 11.0. The van der Waals surface area contributed by atoms with Crippen molar-refractivity contribution in [1.29, 1.82) is 0 Å². The molecule has 0 fully saturated rings. The van der Waals surface area contributed by atoms with Crippen molar-refractivity contribution in [2.45, 2.75) is 45.5 Å². The summed E-state index contributed by atoms with van der Waals surface area (Å²) in [5, 5.41) is 2.66. The fraction of sp³-hybridized carbons (Fsp3) is 0.889. The molecule has 0 aromatic heterocycles. The van der Waals surface area contributed by atoms with E-state index < -0.39 is 5.60 Å². The Morgan fingerprint density at radius 1 is 1.38 bits per heavy atom. The van der Waals surface area contributed by atoms with Crippen LogP contribution in [0.5, 0.6) is 0 Å². The standard InChI is InChI=1S/C9H18BNO2/c1-9(2,3)13-8(12)11-7-5-4-6-10/h4-7H2,1-3H3,(H,11,12). The van der Waals surface area contributed by atoms with Gasteiger partial charge in [-0.15, -0.1) is 0 Å². The summed E-state index contributed by atoms with van der Waals surface area (Å²) in [7, 11) is 5.30. The zero-order chi connectivity index (χ0) is 10.3. The molecule has 4 heteroatoms. The van der Waals surface area contributed by atoms with E-state index in [0.717, 1.165) is 12.8 Å². The van der Waals surface area contributed by atoms with Crippen LogP contribution >= 0.6 is 0 Å². The number of alkyl carbamates (subject to hydrolysis) is 1. The summed E-state index contributed by atoms with van der Waals surface area (Å²) < 4.78 is 5.04. The highest BCUT2D eigenvalue weighted by Crippen LogP contribution is 2.06. The van der Waals surface area contributed by atoms with E-state index >= 15 is 0 Å². The molecule has 1 amide bonds. The summed E-state index contributed by atoms with van der Waals surface area (Å²) in [6, 6.07) is 0. The first-order chi connectivity index (χ1) is 5.95. The number of hydrogen-bond acceptors (Lipinski definition) is 2. The van der Waals surface area contributed by atoms with Crippen LogP contribution in [0.2, 0.25) is 6.32 Å². The van der Waals surface area contributed by atoms with Crippen molar-refractivity contribution in [1.82, 2.24) is 5.32 Å². The van der Waals surface area contributed by atoms with Crippen LogP contribution in [0, 0.1) is 0 Å². The maximum atomic E-state index is 11.1. The second kappa shape index (κ2) is 5.89. The van der Waals surface area contributed by atoms with Gasteiger partial charge in [0.05, 0.1) is 7.85 Å². The Morgan fingerprint density at radius 3 is 2.46 bits per heavy atom. The molecule has 0 spiro atoms. The van der Waals surface area contributed by atoms with Crippen molar-refractivity contribution in [3.63, 3.8) is 0 Å². The Kier molecular flexibility index (Phi) is 5.59. The van der Waals surface area contributed by atoms with Crippen LogP contribution < -0.4 is 5.32 Å². The molecule has 0 aliphatic carbocycles. The molecule has 0 aliphatic heterocycles. The third-order valence-corrected chi connectivity index (χ3v) is 1.30. The molecule has 0 aromatic carbocycles. The van der Waals surface area contributed by atoms with Crippen LogP contribution in [0.1, 0.15) is 33.6 Å². The maximum Gasteiger partial charge on any atom is 0.407 e. The molecule has 2 radical (unpaired) electrons. The quantitative estimate of drug-likeness (QED) is 0.533. The van der Waals surface area contributed by atoms with Crippen LogP contribution in [0.4, 0.5) is 4.79 Å². The number of unbranched alkanes of at least 4 members (excludes halogenated alkanes) is 1. The van der Waals surface area contributed by atoms with Gasteiger partial charge in [-0.25, -0.2) is 4.79 Å². The average Bonchev–Trinajstić information content (AvgIpc) is 1.94. The molecule has 0 bridgehead atoms. The summed E-state index contributed by atoms with van der Waals surface area (Å²) >= 11 is 0. The molecule has 0 rings (SSSR count). The molecule has 1 N–H and O–H groups in total. The highest BCUT2D eigenvalue weighted by Gasteiger charge is 2.15. The first-order valence-electron chi connectivity index (χ1n) is 4.62. The zero-order valence-electron chi connectivity index (χ0n) is 8.72. The van der Waals surface area contributed by atoms with Gasteiger partial charge in [0.25, 0.3) is 0 Å².